The van der Waals surface area contributed by atoms with Crippen molar-refractivity contribution in [1.29, 1.82) is 0 Å². The molecule has 1 aromatic carbocycles. The predicted octanol–water partition coefficient (Wildman–Crippen LogP) is 3.05. The molecule has 1 aliphatic heterocycles. The summed E-state index contributed by atoms with van der Waals surface area (Å²) in [6.45, 7) is 3.21. The molecule has 2 N–H and O–H groups in total. The first-order valence-corrected chi connectivity index (χ1v) is 8.30. The SMILES string of the molecule is CC(CCc1ccccc1)NC(=O)CCC1CCCCN1. The van der Waals surface area contributed by atoms with Gasteiger partial charge in [0.15, 0.2) is 0 Å². The van der Waals surface area contributed by atoms with E-state index < -0.39 is 0 Å². The van der Waals surface area contributed by atoms with Crippen molar-refractivity contribution in [3.05, 3.63) is 35.9 Å². The molecule has 3 nitrogen and oxygen atoms in total. The van der Waals surface area contributed by atoms with Crippen LogP contribution in [0.25, 0.3) is 0 Å². The molecule has 1 aliphatic rings. The monoisotopic (exact) mass is 288 g/mol. The Hall–Kier alpha value is -1.35. The minimum absolute atomic E-state index is 0.197. The molecule has 3 heteroatoms. The first-order valence-electron chi connectivity index (χ1n) is 8.30. The molecule has 0 aliphatic carbocycles. The van der Waals surface area contributed by atoms with Gasteiger partial charge in [-0.1, -0.05) is 36.8 Å². The maximum Gasteiger partial charge on any atom is 0.220 e. The largest absolute Gasteiger partial charge is 0.354 e. The first-order chi connectivity index (χ1) is 10.2. The van der Waals surface area contributed by atoms with Gasteiger partial charge < -0.3 is 10.6 Å². The summed E-state index contributed by atoms with van der Waals surface area (Å²) >= 11 is 0. The Bertz CT molecular complexity index is 412. The lowest BCUT2D eigenvalue weighted by atomic mass is 10.0. The van der Waals surface area contributed by atoms with E-state index in [1.807, 2.05) is 6.07 Å². The second kappa shape index (κ2) is 8.83. The van der Waals surface area contributed by atoms with Gasteiger partial charge >= 0.3 is 0 Å². The van der Waals surface area contributed by atoms with Gasteiger partial charge in [0.05, 0.1) is 0 Å². The van der Waals surface area contributed by atoms with Crippen LogP contribution in [0.2, 0.25) is 0 Å². The van der Waals surface area contributed by atoms with E-state index in [0.29, 0.717) is 12.5 Å². The molecule has 21 heavy (non-hydrogen) atoms. The smallest absolute Gasteiger partial charge is 0.220 e. The lowest BCUT2D eigenvalue weighted by molar-refractivity contribution is -0.121. The van der Waals surface area contributed by atoms with E-state index in [9.17, 15) is 4.79 Å². The Labute approximate surface area is 128 Å². The average Bonchev–Trinajstić information content (AvgIpc) is 2.53. The molecule has 2 atom stereocenters. The number of aryl methyl sites for hydroxylation is 1. The van der Waals surface area contributed by atoms with Crippen molar-refractivity contribution in [2.75, 3.05) is 6.54 Å². The molecule has 116 valence electrons. The van der Waals surface area contributed by atoms with Crippen LogP contribution in [0, 0.1) is 0 Å². The molecular formula is C18H28N2O. The number of hydrogen-bond donors (Lipinski definition) is 2. The molecule has 0 aromatic heterocycles. The summed E-state index contributed by atoms with van der Waals surface area (Å²) in [5.41, 5.74) is 1.34. The van der Waals surface area contributed by atoms with Crippen LogP contribution >= 0.6 is 0 Å². The molecule has 0 spiro atoms. The zero-order valence-electron chi connectivity index (χ0n) is 13.1. The van der Waals surface area contributed by atoms with Gasteiger partial charge in [0, 0.05) is 18.5 Å². The van der Waals surface area contributed by atoms with Crippen LogP contribution in [0.3, 0.4) is 0 Å². The zero-order valence-corrected chi connectivity index (χ0v) is 13.1. The molecular weight excluding hydrogens is 260 g/mol. The quantitative estimate of drug-likeness (QED) is 0.809. The maximum atomic E-state index is 12.0. The van der Waals surface area contributed by atoms with Gasteiger partial charge in [-0.2, -0.15) is 0 Å². The molecule has 2 rings (SSSR count). The second-order valence-corrected chi connectivity index (χ2v) is 6.18. The van der Waals surface area contributed by atoms with Crippen molar-refractivity contribution in [3.63, 3.8) is 0 Å². The van der Waals surface area contributed by atoms with E-state index in [1.54, 1.807) is 0 Å². The van der Waals surface area contributed by atoms with Crippen LogP contribution in [0.4, 0.5) is 0 Å². The number of nitrogens with one attached hydrogen (secondary N) is 2. The summed E-state index contributed by atoms with van der Waals surface area (Å²) in [6.07, 6.45) is 7.43. The highest BCUT2D eigenvalue weighted by Gasteiger charge is 2.14. The third-order valence-electron chi connectivity index (χ3n) is 4.25. The van der Waals surface area contributed by atoms with E-state index in [-0.39, 0.29) is 11.9 Å². The number of rotatable bonds is 7. The fourth-order valence-electron chi connectivity index (χ4n) is 2.92. The van der Waals surface area contributed by atoms with Crippen molar-refractivity contribution in [2.45, 2.75) is 64.0 Å². The maximum absolute atomic E-state index is 12.0. The van der Waals surface area contributed by atoms with Gasteiger partial charge in [0.2, 0.25) is 5.91 Å². The van der Waals surface area contributed by atoms with Gasteiger partial charge in [0.1, 0.15) is 0 Å². The summed E-state index contributed by atoms with van der Waals surface area (Å²) in [5.74, 6) is 0.197. The zero-order chi connectivity index (χ0) is 14.9. The van der Waals surface area contributed by atoms with Crippen LogP contribution in [0.15, 0.2) is 30.3 Å². The van der Waals surface area contributed by atoms with E-state index >= 15 is 0 Å². The van der Waals surface area contributed by atoms with Crippen LogP contribution in [0.5, 0.6) is 0 Å². The number of amides is 1. The fraction of sp³-hybridized carbons (Fsp3) is 0.611. The Morgan fingerprint density at radius 1 is 1.33 bits per heavy atom. The third kappa shape index (κ3) is 6.30. The van der Waals surface area contributed by atoms with Gasteiger partial charge in [-0.25, -0.2) is 0 Å². The Morgan fingerprint density at radius 3 is 2.86 bits per heavy atom. The van der Waals surface area contributed by atoms with E-state index in [1.165, 1.54) is 24.8 Å². The minimum atomic E-state index is 0.197. The van der Waals surface area contributed by atoms with Gasteiger partial charge in [-0.3, -0.25) is 4.79 Å². The summed E-state index contributed by atoms with van der Waals surface area (Å²) < 4.78 is 0. The Kier molecular flexibility index (Phi) is 6.74. The molecule has 2 unspecified atom stereocenters. The van der Waals surface area contributed by atoms with E-state index in [0.717, 1.165) is 25.8 Å². The molecule has 1 aromatic rings. The minimum Gasteiger partial charge on any atom is -0.354 e. The molecule has 0 radical (unpaired) electrons. The fourth-order valence-corrected chi connectivity index (χ4v) is 2.92. The normalized spacial score (nSPS) is 20.0. The number of piperidine rings is 1. The summed E-state index contributed by atoms with van der Waals surface area (Å²) in [4.78, 5) is 12.0. The third-order valence-corrected chi connectivity index (χ3v) is 4.25. The van der Waals surface area contributed by atoms with Crippen molar-refractivity contribution in [1.82, 2.24) is 10.6 Å². The molecule has 1 saturated heterocycles. The van der Waals surface area contributed by atoms with Crippen LogP contribution in [-0.2, 0) is 11.2 Å². The van der Waals surface area contributed by atoms with Gasteiger partial charge in [-0.05, 0) is 51.1 Å². The lowest BCUT2D eigenvalue weighted by Gasteiger charge is -2.23. The van der Waals surface area contributed by atoms with Crippen LogP contribution in [-0.4, -0.2) is 24.5 Å². The van der Waals surface area contributed by atoms with Crippen molar-refractivity contribution in [2.24, 2.45) is 0 Å². The number of carbonyl (C=O) groups is 1. The number of hydrogen-bond acceptors (Lipinski definition) is 2. The lowest BCUT2D eigenvalue weighted by Crippen LogP contribution is -2.37. The van der Waals surface area contributed by atoms with Gasteiger partial charge in [0.25, 0.3) is 0 Å². The number of carbonyl (C=O) groups excluding carboxylic acids is 1. The summed E-state index contributed by atoms with van der Waals surface area (Å²) in [7, 11) is 0. The second-order valence-electron chi connectivity index (χ2n) is 6.18. The van der Waals surface area contributed by atoms with E-state index in [4.69, 9.17) is 0 Å². The summed E-state index contributed by atoms with van der Waals surface area (Å²) in [6, 6.07) is 11.2. The van der Waals surface area contributed by atoms with Crippen LogP contribution in [0.1, 0.15) is 51.0 Å². The molecule has 0 bridgehead atoms. The highest BCUT2D eigenvalue weighted by Crippen LogP contribution is 2.12. The highest BCUT2D eigenvalue weighted by molar-refractivity contribution is 5.76. The Balaban J connectivity index is 1.60. The molecule has 1 heterocycles. The first kappa shape index (κ1) is 16.0. The predicted molar refractivity (Wildman–Crippen MR) is 87.2 cm³/mol. The molecule has 1 fully saturated rings. The van der Waals surface area contributed by atoms with Crippen LogP contribution < -0.4 is 10.6 Å². The molecule has 0 saturated carbocycles. The molecule has 1 amide bonds. The topological polar surface area (TPSA) is 41.1 Å². The van der Waals surface area contributed by atoms with Gasteiger partial charge in [-0.15, -0.1) is 0 Å². The van der Waals surface area contributed by atoms with Crippen molar-refractivity contribution in [3.8, 4) is 0 Å². The number of benzene rings is 1. The van der Waals surface area contributed by atoms with E-state index in [2.05, 4.69) is 41.8 Å². The Morgan fingerprint density at radius 2 is 2.14 bits per heavy atom. The average molecular weight is 288 g/mol. The standard InChI is InChI=1S/C18H28N2O/c1-15(10-11-16-7-3-2-4-8-16)20-18(21)13-12-17-9-5-6-14-19-17/h2-4,7-8,15,17,19H,5-6,9-14H2,1H3,(H,20,21). The summed E-state index contributed by atoms with van der Waals surface area (Å²) in [5, 5.41) is 6.62. The highest BCUT2D eigenvalue weighted by atomic mass is 16.1. The van der Waals surface area contributed by atoms with Crippen molar-refractivity contribution < 1.29 is 4.79 Å². The van der Waals surface area contributed by atoms with Crippen molar-refractivity contribution >= 4 is 5.91 Å².